The molecule has 0 amide bonds. The Kier molecular flexibility index (Phi) is 4.12. The predicted molar refractivity (Wildman–Crippen MR) is 85.4 cm³/mol. The molecule has 0 radical (unpaired) electrons. The molecule has 1 aromatic carbocycles. The maximum absolute atomic E-state index is 11.4. The average Bonchev–Trinajstić information content (AvgIpc) is 3.08. The molecule has 0 saturated carbocycles. The highest BCUT2D eigenvalue weighted by Crippen LogP contribution is 2.26. The van der Waals surface area contributed by atoms with Crippen LogP contribution in [-0.2, 0) is 16.0 Å². The summed E-state index contributed by atoms with van der Waals surface area (Å²) < 4.78 is 6.04. The zero-order chi connectivity index (χ0) is 14.7. The van der Waals surface area contributed by atoms with Crippen LogP contribution in [0.4, 0.5) is 10.8 Å². The molecule has 7 heteroatoms. The Morgan fingerprint density at radius 3 is 3.14 bits per heavy atom. The van der Waals surface area contributed by atoms with Gasteiger partial charge in [-0.2, -0.15) is 0 Å². The SMILES string of the molecule is CCOC(=O)Cc1csc(Nc2ccc3ncsc3c2)n1. The summed E-state index contributed by atoms with van der Waals surface area (Å²) in [5.41, 5.74) is 4.51. The lowest BCUT2D eigenvalue weighted by Gasteiger charge is -2.02. The lowest BCUT2D eigenvalue weighted by atomic mass is 10.3. The van der Waals surface area contributed by atoms with Gasteiger partial charge in [-0.3, -0.25) is 4.79 Å². The number of anilines is 2. The van der Waals surface area contributed by atoms with E-state index in [9.17, 15) is 4.79 Å². The number of thiazole rings is 2. The number of ether oxygens (including phenoxy) is 1. The molecular formula is C14H13N3O2S2. The van der Waals surface area contributed by atoms with E-state index in [4.69, 9.17) is 4.74 Å². The minimum absolute atomic E-state index is 0.208. The number of carbonyl (C=O) groups is 1. The number of carbonyl (C=O) groups excluding carboxylic acids is 1. The van der Waals surface area contributed by atoms with Crippen molar-refractivity contribution in [2.24, 2.45) is 0 Å². The van der Waals surface area contributed by atoms with Crippen molar-refractivity contribution in [1.82, 2.24) is 9.97 Å². The summed E-state index contributed by atoms with van der Waals surface area (Å²) in [5.74, 6) is -0.250. The fourth-order valence-electron chi connectivity index (χ4n) is 1.86. The van der Waals surface area contributed by atoms with E-state index in [2.05, 4.69) is 15.3 Å². The van der Waals surface area contributed by atoms with Crippen LogP contribution in [0.15, 0.2) is 29.1 Å². The minimum atomic E-state index is -0.250. The van der Waals surface area contributed by atoms with Crippen molar-refractivity contribution in [3.05, 3.63) is 34.8 Å². The Morgan fingerprint density at radius 1 is 1.38 bits per heavy atom. The number of hydrogen-bond acceptors (Lipinski definition) is 7. The van der Waals surface area contributed by atoms with Crippen molar-refractivity contribution in [2.75, 3.05) is 11.9 Å². The van der Waals surface area contributed by atoms with Crippen LogP contribution in [0.5, 0.6) is 0 Å². The zero-order valence-electron chi connectivity index (χ0n) is 11.3. The first-order valence-corrected chi connectivity index (χ1v) is 8.21. The third-order valence-corrected chi connectivity index (χ3v) is 4.36. The average molecular weight is 319 g/mol. The van der Waals surface area contributed by atoms with Gasteiger partial charge in [0.05, 0.1) is 34.4 Å². The van der Waals surface area contributed by atoms with Crippen LogP contribution >= 0.6 is 22.7 Å². The maximum Gasteiger partial charge on any atom is 0.311 e. The lowest BCUT2D eigenvalue weighted by molar-refractivity contribution is -0.142. The normalized spacial score (nSPS) is 10.7. The van der Waals surface area contributed by atoms with Gasteiger partial charge in [0.15, 0.2) is 5.13 Å². The number of aromatic nitrogens is 2. The van der Waals surface area contributed by atoms with Crippen molar-refractivity contribution < 1.29 is 9.53 Å². The number of benzene rings is 1. The zero-order valence-corrected chi connectivity index (χ0v) is 13.0. The van der Waals surface area contributed by atoms with E-state index >= 15 is 0 Å². The molecule has 0 spiro atoms. The van der Waals surface area contributed by atoms with E-state index in [1.54, 1.807) is 18.3 Å². The molecule has 5 nitrogen and oxygen atoms in total. The van der Waals surface area contributed by atoms with E-state index in [0.717, 1.165) is 26.7 Å². The van der Waals surface area contributed by atoms with Crippen LogP contribution in [0.3, 0.4) is 0 Å². The molecule has 1 N–H and O–H groups in total. The maximum atomic E-state index is 11.4. The molecule has 0 aliphatic carbocycles. The van der Waals surface area contributed by atoms with Gasteiger partial charge in [-0.05, 0) is 25.1 Å². The molecule has 0 aliphatic heterocycles. The summed E-state index contributed by atoms with van der Waals surface area (Å²) in [6.07, 6.45) is 0.208. The van der Waals surface area contributed by atoms with Crippen LogP contribution in [0, 0.1) is 0 Å². The Labute approximate surface area is 129 Å². The summed E-state index contributed by atoms with van der Waals surface area (Å²) in [7, 11) is 0. The monoisotopic (exact) mass is 319 g/mol. The van der Waals surface area contributed by atoms with Crippen molar-refractivity contribution in [2.45, 2.75) is 13.3 Å². The van der Waals surface area contributed by atoms with Gasteiger partial charge < -0.3 is 10.1 Å². The first-order chi connectivity index (χ1) is 10.2. The van der Waals surface area contributed by atoms with Crippen LogP contribution < -0.4 is 5.32 Å². The Balaban J connectivity index is 1.70. The largest absolute Gasteiger partial charge is 0.466 e. The van der Waals surface area contributed by atoms with Crippen molar-refractivity contribution >= 4 is 49.7 Å². The Morgan fingerprint density at radius 2 is 2.29 bits per heavy atom. The molecule has 0 unspecified atom stereocenters. The van der Waals surface area contributed by atoms with Crippen LogP contribution in [0.2, 0.25) is 0 Å². The molecule has 21 heavy (non-hydrogen) atoms. The molecule has 3 aromatic rings. The number of nitrogens with one attached hydrogen (secondary N) is 1. The van der Waals surface area contributed by atoms with Gasteiger partial charge in [0.1, 0.15) is 0 Å². The number of esters is 1. The summed E-state index contributed by atoms with van der Waals surface area (Å²) in [6, 6.07) is 5.98. The molecule has 0 bridgehead atoms. The number of nitrogens with zero attached hydrogens (tertiary/aromatic N) is 2. The minimum Gasteiger partial charge on any atom is -0.466 e. The van der Waals surface area contributed by atoms with Crippen molar-refractivity contribution in [1.29, 1.82) is 0 Å². The van der Waals surface area contributed by atoms with E-state index in [-0.39, 0.29) is 12.4 Å². The molecule has 0 aliphatic rings. The Bertz CT molecular complexity index is 766. The first kappa shape index (κ1) is 14.0. The number of fused-ring (bicyclic) bond motifs is 1. The summed E-state index contributed by atoms with van der Waals surface area (Å²) in [5, 5.41) is 5.87. The molecule has 108 valence electrons. The highest BCUT2D eigenvalue weighted by atomic mass is 32.1. The van der Waals surface area contributed by atoms with E-state index in [1.165, 1.54) is 11.3 Å². The van der Waals surface area contributed by atoms with E-state index in [1.807, 2.05) is 29.1 Å². The van der Waals surface area contributed by atoms with Gasteiger partial charge in [0, 0.05) is 11.1 Å². The van der Waals surface area contributed by atoms with Gasteiger partial charge in [-0.1, -0.05) is 0 Å². The van der Waals surface area contributed by atoms with Crippen LogP contribution in [0.25, 0.3) is 10.2 Å². The summed E-state index contributed by atoms with van der Waals surface area (Å²) >= 11 is 3.07. The van der Waals surface area contributed by atoms with Gasteiger partial charge in [-0.15, -0.1) is 22.7 Å². The fourth-order valence-corrected chi connectivity index (χ4v) is 3.31. The second-order valence-electron chi connectivity index (χ2n) is 4.29. The number of hydrogen-bond donors (Lipinski definition) is 1. The highest BCUT2D eigenvalue weighted by Gasteiger charge is 2.09. The quantitative estimate of drug-likeness (QED) is 0.728. The lowest BCUT2D eigenvalue weighted by Crippen LogP contribution is -2.07. The highest BCUT2D eigenvalue weighted by molar-refractivity contribution is 7.16. The summed E-state index contributed by atoms with van der Waals surface area (Å²) in [6.45, 7) is 2.18. The molecule has 0 atom stereocenters. The summed E-state index contributed by atoms with van der Waals surface area (Å²) in [4.78, 5) is 20.1. The van der Waals surface area contributed by atoms with E-state index in [0.29, 0.717) is 6.61 Å². The Hall–Kier alpha value is -1.99. The van der Waals surface area contributed by atoms with E-state index < -0.39 is 0 Å². The molecular weight excluding hydrogens is 306 g/mol. The third kappa shape index (κ3) is 3.37. The molecule has 0 saturated heterocycles. The standard InChI is InChI=1S/C14H13N3O2S2/c1-2-19-13(18)6-10-7-20-14(17-10)16-9-3-4-11-12(5-9)21-8-15-11/h3-5,7-8H,2,6H2,1H3,(H,16,17). The van der Waals surface area contributed by atoms with Gasteiger partial charge >= 0.3 is 5.97 Å². The second kappa shape index (κ2) is 6.19. The first-order valence-electron chi connectivity index (χ1n) is 6.45. The molecule has 2 aromatic heterocycles. The predicted octanol–water partition coefficient (Wildman–Crippen LogP) is 3.60. The van der Waals surface area contributed by atoms with Crippen molar-refractivity contribution in [3.63, 3.8) is 0 Å². The topological polar surface area (TPSA) is 64.1 Å². The number of rotatable bonds is 5. The van der Waals surface area contributed by atoms with Crippen LogP contribution in [0.1, 0.15) is 12.6 Å². The van der Waals surface area contributed by atoms with Crippen molar-refractivity contribution in [3.8, 4) is 0 Å². The van der Waals surface area contributed by atoms with Gasteiger partial charge in [0.25, 0.3) is 0 Å². The fraction of sp³-hybridized carbons (Fsp3) is 0.214. The molecule has 2 heterocycles. The third-order valence-electron chi connectivity index (χ3n) is 2.77. The molecule has 3 rings (SSSR count). The molecule has 0 fully saturated rings. The van der Waals surface area contributed by atoms with Gasteiger partial charge in [-0.25, -0.2) is 9.97 Å². The smallest absolute Gasteiger partial charge is 0.311 e. The second-order valence-corrected chi connectivity index (χ2v) is 6.03. The van der Waals surface area contributed by atoms with Crippen LogP contribution in [-0.4, -0.2) is 22.5 Å². The van der Waals surface area contributed by atoms with Gasteiger partial charge in [0.2, 0.25) is 0 Å².